The smallest absolute Gasteiger partial charge is 0.241 e. The molecule has 19 heavy (non-hydrogen) atoms. The van der Waals surface area contributed by atoms with E-state index in [0.717, 1.165) is 25.7 Å². The van der Waals surface area contributed by atoms with Gasteiger partial charge in [-0.05, 0) is 24.8 Å². The van der Waals surface area contributed by atoms with Gasteiger partial charge in [0.1, 0.15) is 0 Å². The molecule has 0 aromatic rings. The Morgan fingerprint density at radius 2 is 1.63 bits per heavy atom. The van der Waals surface area contributed by atoms with Gasteiger partial charge < -0.3 is 15.5 Å². The van der Waals surface area contributed by atoms with Crippen LogP contribution in [0.5, 0.6) is 0 Å². The van der Waals surface area contributed by atoms with Crippen LogP contribution in [0.25, 0.3) is 0 Å². The number of likely N-dealkylation sites (N-methyl/N-ethyl adjacent to an activating group) is 2. The Morgan fingerprint density at radius 1 is 1.05 bits per heavy atom. The van der Waals surface area contributed by atoms with Crippen LogP contribution in [-0.2, 0) is 9.59 Å². The second kappa shape index (κ2) is 6.89. The molecule has 0 spiro atoms. The van der Waals surface area contributed by atoms with Crippen LogP contribution >= 0.6 is 0 Å². The van der Waals surface area contributed by atoms with Crippen molar-refractivity contribution in [3.8, 4) is 0 Å². The van der Waals surface area contributed by atoms with Crippen LogP contribution in [0, 0.1) is 5.41 Å². The van der Waals surface area contributed by atoms with E-state index in [1.165, 1.54) is 16.2 Å². The SMILES string of the molecule is CN(C)C(=O)CN(C)C(=O)CC1(CN)CCCCC1. The molecule has 2 N–H and O–H groups in total. The predicted molar refractivity (Wildman–Crippen MR) is 75.5 cm³/mol. The van der Waals surface area contributed by atoms with Gasteiger partial charge in [0.25, 0.3) is 0 Å². The Bertz CT molecular complexity index is 323. The van der Waals surface area contributed by atoms with Crippen LogP contribution in [0.15, 0.2) is 0 Å². The first-order valence-corrected chi connectivity index (χ1v) is 7.04. The summed E-state index contributed by atoms with van der Waals surface area (Å²) < 4.78 is 0. The average molecular weight is 269 g/mol. The van der Waals surface area contributed by atoms with Crippen molar-refractivity contribution in [3.05, 3.63) is 0 Å². The van der Waals surface area contributed by atoms with E-state index in [1.807, 2.05) is 0 Å². The molecule has 1 aliphatic rings. The minimum atomic E-state index is -0.0544. The molecule has 5 heteroatoms. The number of rotatable bonds is 5. The molecule has 110 valence electrons. The van der Waals surface area contributed by atoms with Gasteiger partial charge in [0.15, 0.2) is 0 Å². The molecule has 5 nitrogen and oxygen atoms in total. The first-order valence-electron chi connectivity index (χ1n) is 7.04. The number of amides is 2. The van der Waals surface area contributed by atoms with Gasteiger partial charge in [0.05, 0.1) is 6.54 Å². The standard InChI is InChI=1S/C14H27N3O2/c1-16(2)13(19)10-17(3)12(18)9-14(11-15)7-5-4-6-8-14/h4-11,15H2,1-3H3. The van der Waals surface area contributed by atoms with Crippen molar-refractivity contribution < 1.29 is 9.59 Å². The van der Waals surface area contributed by atoms with E-state index in [9.17, 15) is 9.59 Å². The molecule has 0 unspecified atom stereocenters. The van der Waals surface area contributed by atoms with Gasteiger partial charge in [-0.3, -0.25) is 9.59 Å². The normalized spacial score (nSPS) is 17.9. The molecule has 0 aromatic heterocycles. The molecule has 0 bridgehead atoms. The van der Waals surface area contributed by atoms with Gasteiger partial charge in [0, 0.05) is 27.6 Å². The third kappa shape index (κ3) is 4.49. The largest absolute Gasteiger partial charge is 0.347 e. The van der Waals surface area contributed by atoms with E-state index in [1.54, 1.807) is 21.1 Å². The van der Waals surface area contributed by atoms with Gasteiger partial charge in [-0.25, -0.2) is 0 Å². The summed E-state index contributed by atoms with van der Waals surface area (Å²) in [5.74, 6) is -0.0242. The molecule has 0 atom stereocenters. The molecule has 1 rings (SSSR count). The van der Waals surface area contributed by atoms with Gasteiger partial charge in [-0.2, -0.15) is 0 Å². The number of carbonyl (C=O) groups is 2. The number of hydrogen-bond donors (Lipinski definition) is 1. The van der Waals surface area contributed by atoms with Crippen molar-refractivity contribution in [2.24, 2.45) is 11.1 Å². The summed E-state index contributed by atoms with van der Waals surface area (Å²) in [4.78, 5) is 26.9. The summed E-state index contributed by atoms with van der Waals surface area (Å²) in [5, 5.41) is 0. The molecular formula is C14H27N3O2. The fraction of sp³-hybridized carbons (Fsp3) is 0.857. The van der Waals surface area contributed by atoms with Crippen molar-refractivity contribution in [2.45, 2.75) is 38.5 Å². The summed E-state index contributed by atoms with van der Waals surface area (Å²) in [5.41, 5.74) is 5.85. The second-order valence-corrected chi connectivity index (χ2v) is 5.98. The van der Waals surface area contributed by atoms with Gasteiger partial charge in [0.2, 0.25) is 11.8 Å². The first-order chi connectivity index (χ1) is 8.90. The fourth-order valence-corrected chi connectivity index (χ4v) is 2.64. The van der Waals surface area contributed by atoms with Gasteiger partial charge in [-0.1, -0.05) is 19.3 Å². The average Bonchev–Trinajstić information content (AvgIpc) is 2.39. The highest BCUT2D eigenvalue weighted by molar-refractivity contribution is 5.84. The van der Waals surface area contributed by atoms with Crippen LogP contribution < -0.4 is 5.73 Å². The number of carbonyl (C=O) groups excluding carboxylic acids is 2. The van der Waals surface area contributed by atoms with Crippen LogP contribution in [0.4, 0.5) is 0 Å². The maximum absolute atomic E-state index is 12.2. The van der Waals surface area contributed by atoms with Gasteiger partial charge >= 0.3 is 0 Å². The molecule has 0 saturated heterocycles. The van der Waals surface area contributed by atoms with Gasteiger partial charge in [-0.15, -0.1) is 0 Å². The highest BCUT2D eigenvalue weighted by atomic mass is 16.2. The van der Waals surface area contributed by atoms with E-state index >= 15 is 0 Å². The first kappa shape index (κ1) is 16.0. The van der Waals surface area contributed by atoms with E-state index in [0.29, 0.717) is 13.0 Å². The topological polar surface area (TPSA) is 66.6 Å². The fourth-order valence-electron chi connectivity index (χ4n) is 2.64. The Balaban J connectivity index is 2.54. The lowest BCUT2D eigenvalue weighted by Gasteiger charge is -2.36. The molecule has 2 amide bonds. The maximum atomic E-state index is 12.2. The number of nitrogens with zero attached hydrogens (tertiary/aromatic N) is 2. The Hall–Kier alpha value is -1.10. The van der Waals surface area contributed by atoms with Crippen molar-refractivity contribution in [1.29, 1.82) is 0 Å². The third-order valence-corrected chi connectivity index (χ3v) is 4.17. The lowest BCUT2D eigenvalue weighted by atomic mass is 9.71. The summed E-state index contributed by atoms with van der Waals surface area (Å²) in [6.07, 6.45) is 6.09. The zero-order valence-corrected chi connectivity index (χ0v) is 12.4. The van der Waals surface area contributed by atoms with Crippen LogP contribution in [0.3, 0.4) is 0 Å². The molecule has 1 saturated carbocycles. The minimum absolute atomic E-state index is 0.0301. The summed E-state index contributed by atoms with van der Waals surface area (Å²) in [6.45, 7) is 0.709. The van der Waals surface area contributed by atoms with Crippen molar-refractivity contribution in [2.75, 3.05) is 34.2 Å². The summed E-state index contributed by atoms with van der Waals surface area (Å²) >= 11 is 0. The van der Waals surface area contributed by atoms with Crippen LogP contribution in [-0.4, -0.2) is 55.8 Å². The van der Waals surface area contributed by atoms with Crippen LogP contribution in [0.1, 0.15) is 38.5 Å². The van der Waals surface area contributed by atoms with E-state index in [-0.39, 0.29) is 23.8 Å². The Kier molecular flexibility index (Phi) is 5.79. The Labute approximate surface area is 116 Å². The molecular weight excluding hydrogens is 242 g/mol. The molecule has 0 radical (unpaired) electrons. The number of nitrogens with two attached hydrogens (primary N) is 1. The van der Waals surface area contributed by atoms with E-state index in [4.69, 9.17) is 5.73 Å². The second-order valence-electron chi connectivity index (χ2n) is 5.98. The maximum Gasteiger partial charge on any atom is 0.241 e. The molecule has 1 aliphatic carbocycles. The Morgan fingerprint density at radius 3 is 2.11 bits per heavy atom. The van der Waals surface area contributed by atoms with Crippen molar-refractivity contribution in [1.82, 2.24) is 9.80 Å². The zero-order valence-electron chi connectivity index (χ0n) is 12.4. The van der Waals surface area contributed by atoms with Crippen LogP contribution in [0.2, 0.25) is 0 Å². The van der Waals surface area contributed by atoms with Crippen molar-refractivity contribution >= 4 is 11.8 Å². The quantitative estimate of drug-likeness (QED) is 0.804. The molecule has 0 aromatic carbocycles. The molecule has 0 aliphatic heterocycles. The monoisotopic (exact) mass is 269 g/mol. The number of hydrogen-bond acceptors (Lipinski definition) is 3. The minimum Gasteiger partial charge on any atom is -0.347 e. The predicted octanol–water partition coefficient (Wildman–Crippen LogP) is 0.832. The van der Waals surface area contributed by atoms with E-state index < -0.39 is 0 Å². The zero-order chi connectivity index (χ0) is 14.5. The van der Waals surface area contributed by atoms with E-state index in [2.05, 4.69) is 0 Å². The third-order valence-electron chi connectivity index (χ3n) is 4.17. The molecule has 0 heterocycles. The highest BCUT2D eigenvalue weighted by Gasteiger charge is 2.34. The molecule has 1 fully saturated rings. The van der Waals surface area contributed by atoms with Crippen molar-refractivity contribution in [3.63, 3.8) is 0 Å². The lowest BCUT2D eigenvalue weighted by molar-refractivity contribution is -0.139. The highest BCUT2D eigenvalue weighted by Crippen LogP contribution is 2.38. The summed E-state index contributed by atoms with van der Waals surface area (Å²) in [7, 11) is 5.09. The lowest BCUT2D eigenvalue weighted by Crippen LogP contribution is -2.42. The summed E-state index contributed by atoms with van der Waals surface area (Å²) in [6, 6.07) is 0.